The van der Waals surface area contributed by atoms with Gasteiger partial charge in [0.25, 0.3) is 0 Å². The zero-order valence-electron chi connectivity index (χ0n) is 12.0. The molecule has 0 aromatic heterocycles. The average molecular weight is 284 g/mol. The van der Waals surface area contributed by atoms with Crippen LogP contribution in [0.1, 0.15) is 12.5 Å². The summed E-state index contributed by atoms with van der Waals surface area (Å²) >= 11 is 6.29. The summed E-state index contributed by atoms with van der Waals surface area (Å²) in [4.78, 5) is 13.5. The predicted molar refractivity (Wildman–Crippen MR) is 80.7 cm³/mol. The van der Waals surface area contributed by atoms with Crippen molar-refractivity contribution in [3.63, 3.8) is 0 Å². The number of nitrogens with one attached hydrogen (secondary N) is 2. The van der Waals surface area contributed by atoms with Crippen LogP contribution in [0.25, 0.3) is 0 Å². The van der Waals surface area contributed by atoms with E-state index >= 15 is 0 Å². The van der Waals surface area contributed by atoms with Crippen LogP contribution >= 0.6 is 11.6 Å². The molecule has 1 atom stereocenters. The topological polar surface area (TPSA) is 44.4 Å². The number of carbonyl (C=O) groups is 1. The number of hydrogen-bond acceptors (Lipinski definition) is 3. The van der Waals surface area contributed by atoms with Crippen LogP contribution in [0.3, 0.4) is 0 Å². The van der Waals surface area contributed by atoms with Gasteiger partial charge in [-0.3, -0.25) is 4.79 Å². The Morgan fingerprint density at radius 2 is 2.11 bits per heavy atom. The third-order valence-electron chi connectivity index (χ3n) is 3.05. The molecule has 0 aliphatic heterocycles. The first-order chi connectivity index (χ1) is 8.99. The molecule has 0 radical (unpaired) electrons. The van der Waals surface area contributed by atoms with Crippen LogP contribution in [0.5, 0.6) is 0 Å². The van der Waals surface area contributed by atoms with Gasteiger partial charge in [-0.1, -0.05) is 24.6 Å². The molecule has 1 aromatic rings. The predicted octanol–water partition coefficient (Wildman–Crippen LogP) is 1.88. The lowest BCUT2D eigenvalue weighted by Gasteiger charge is -2.24. The van der Waals surface area contributed by atoms with Crippen molar-refractivity contribution < 1.29 is 4.79 Å². The van der Waals surface area contributed by atoms with Gasteiger partial charge in [0, 0.05) is 27.2 Å². The monoisotopic (exact) mass is 283 g/mol. The van der Waals surface area contributed by atoms with Gasteiger partial charge < -0.3 is 15.5 Å². The molecular formula is C14H22ClN3O. The smallest absolute Gasteiger partial charge is 0.224 e. The number of benzene rings is 1. The molecule has 0 saturated carbocycles. The Morgan fingerprint density at radius 1 is 1.42 bits per heavy atom. The molecule has 1 aromatic carbocycles. The van der Waals surface area contributed by atoms with E-state index in [1.807, 2.05) is 44.1 Å². The lowest BCUT2D eigenvalue weighted by atomic mass is 10.1. The van der Waals surface area contributed by atoms with E-state index in [-0.39, 0.29) is 11.8 Å². The van der Waals surface area contributed by atoms with Gasteiger partial charge in [-0.25, -0.2) is 0 Å². The fourth-order valence-electron chi connectivity index (χ4n) is 2.01. The maximum Gasteiger partial charge on any atom is 0.224 e. The molecule has 4 nitrogen and oxygen atoms in total. The Hall–Kier alpha value is -1.26. The van der Waals surface area contributed by atoms with Gasteiger partial charge >= 0.3 is 0 Å². The average Bonchev–Trinajstić information content (AvgIpc) is 2.38. The second kappa shape index (κ2) is 7.36. The van der Waals surface area contributed by atoms with Crippen LogP contribution in [0.2, 0.25) is 5.02 Å². The molecule has 1 amide bonds. The maximum atomic E-state index is 11.5. The summed E-state index contributed by atoms with van der Waals surface area (Å²) in [5.41, 5.74) is 2.08. The van der Waals surface area contributed by atoms with Crippen molar-refractivity contribution in [1.82, 2.24) is 10.6 Å². The zero-order chi connectivity index (χ0) is 14.4. The quantitative estimate of drug-likeness (QED) is 0.838. The van der Waals surface area contributed by atoms with E-state index in [0.29, 0.717) is 11.6 Å². The Labute approximate surface area is 120 Å². The second-order valence-corrected chi connectivity index (χ2v) is 5.12. The van der Waals surface area contributed by atoms with Crippen LogP contribution in [-0.2, 0) is 11.3 Å². The summed E-state index contributed by atoms with van der Waals surface area (Å²) in [5.74, 6) is -0.0437. The Bertz CT molecular complexity index is 437. The minimum atomic E-state index is -0.0805. The van der Waals surface area contributed by atoms with Gasteiger partial charge in [-0.15, -0.1) is 0 Å². The summed E-state index contributed by atoms with van der Waals surface area (Å²) in [6, 6.07) is 5.98. The van der Waals surface area contributed by atoms with E-state index in [1.165, 1.54) is 0 Å². The highest BCUT2D eigenvalue weighted by Gasteiger charge is 2.15. The number of carbonyl (C=O) groups excluding carboxylic acids is 1. The van der Waals surface area contributed by atoms with Crippen molar-refractivity contribution >= 4 is 23.2 Å². The molecule has 106 valence electrons. The molecule has 0 aliphatic carbocycles. The molecule has 0 aliphatic rings. The van der Waals surface area contributed by atoms with Crippen molar-refractivity contribution in [1.29, 1.82) is 0 Å². The number of halogens is 1. The first-order valence-corrected chi connectivity index (χ1v) is 6.73. The van der Waals surface area contributed by atoms with Gasteiger partial charge in [0.1, 0.15) is 0 Å². The molecule has 0 heterocycles. The lowest BCUT2D eigenvalue weighted by Crippen LogP contribution is -2.34. The van der Waals surface area contributed by atoms with Crippen molar-refractivity contribution in [2.75, 3.05) is 32.6 Å². The molecule has 19 heavy (non-hydrogen) atoms. The lowest BCUT2D eigenvalue weighted by molar-refractivity contribution is -0.123. The molecule has 0 fully saturated rings. The molecule has 0 saturated heterocycles. The standard InChI is InChI=1S/C14H22ClN3O/c1-10(14(19)17-3)9-18(4)13-6-5-11(8-16-2)7-12(13)15/h5-7,10,16H,8-9H2,1-4H3,(H,17,19). The van der Waals surface area contributed by atoms with Crippen LogP contribution in [-0.4, -0.2) is 33.6 Å². The van der Waals surface area contributed by atoms with Crippen molar-refractivity contribution in [3.8, 4) is 0 Å². The molecule has 1 rings (SSSR count). The van der Waals surface area contributed by atoms with Crippen LogP contribution < -0.4 is 15.5 Å². The fourth-order valence-corrected chi connectivity index (χ4v) is 2.36. The first-order valence-electron chi connectivity index (χ1n) is 6.35. The van der Waals surface area contributed by atoms with Gasteiger partial charge in [-0.05, 0) is 24.7 Å². The number of amides is 1. The maximum absolute atomic E-state index is 11.5. The Balaban J connectivity index is 2.76. The highest BCUT2D eigenvalue weighted by Crippen LogP contribution is 2.26. The number of hydrogen-bond donors (Lipinski definition) is 2. The third kappa shape index (κ3) is 4.40. The van der Waals surface area contributed by atoms with Crippen LogP contribution in [0.4, 0.5) is 5.69 Å². The third-order valence-corrected chi connectivity index (χ3v) is 3.35. The second-order valence-electron chi connectivity index (χ2n) is 4.71. The highest BCUT2D eigenvalue weighted by molar-refractivity contribution is 6.33. The van der Waals surface area contributed by atoms with Gasteiger partial charge in [0.05, 0.1) is 16.6 Å². The molecule has 5 heteroatoms. The highest BCUT2D eigenvalue weighted by atomic mass is 35.5. The largest absolute Gasteiger partial charge is 0.373 e. The van der Waals surface area contributed by atoms with Gasteiger partial charge in [0.2, 0.25) is 5.91 Å². The summed E-state index contributed by atoms with van der Waals surface area (Å²) < 4.78 is 0. The van der Waals surface area contributed by atoms with Gasteiger partial charge in [0.15, 0.2) is 0 Å². The summed E-state index contributed by atoms with van der Waals surface area (Å²) in [5, 5.41) is 6.45. The van der Waals surface area contributed by atoms with E-state index < -0.39 is 0 Å². The Morgan fingerprint density at radius 3 is 2.63 bits per heavy atom. The minimum absolute atomic E-state index is 0.0368. The number of nitrogens with zero attached hydrogens (tertiary/aromatic N) is 1. The first kappa shape index (κ1) is 15.8. The van der Waals surface area contributed by atoms with Gasteiger partial charge in [-0.2, -0.15) is 0 Å². The molecule has 2 N–H and O–H groups in total. The molecular weight excluding hydrogens is 262 g/mol. The van der Waals surface area contributed by atoms with E-state index in [2.05, 4.69) is 10.6 Å². The summed E-state index contributed by atoms with van der Waals surface area (Å²) in [6.07, 6.45) is 0. The van der Waals surface area contributed by atoms with E-state index in [9.17, 15) is 4.79 Å². The van der Waals surface area contributed by atoms with Crippen molar-refractivity contribution in [2.24, 2.45) is 5.92 Å². The van der Waals surface area contributed by atoms with Crippen LogP contribution in [0, 0.1) is 5.92 Å². The Kier molecular flexibility index (Phi) is 6.12. The zero-order valence-corrected chi connectivity index (χ0v) is 12.7. The normalized spacial score (nSPS) is 12.1. The summed E-state index contributed by atoms with van der Waals surface area (Å²) in [7, 11) is 5.50. The molecule has 0 spiro atoms. The molecule has 0 bridgehead atoms. The van der Waals surface area contributed by atoms with E-state index in [0.717, 1.165) is 17.8 Å². The SMILES string of the molecule is CNCc1ccc(N(C)CC(C)C(=O)NC)c(Cl)c1. The number of anilines is 1. The fraction of sp³-hybridized carbons (Fsp3) is 0.500. The summed E-state index contributed by atoms with van der Waals surface area (Å²) in [6.45, 7) is 3.32. The molecule has 1 unspecified atom stereocenters. The van der Waals surface area contributed by atoms with Crippen molar-refractivity contribution in [3.05, 3.63) is 28.8 Å². The van der Waals surface area contributed by atoms with E-state index in [4.69, 9.17) is 11.6 Å². The van der Waals surface area contributed by atoms with Crippen LogP contribution in [0.15, 0.2) is 18.2 Å². The minimum Gasteiger partial charge on any atom is -0.373 e. The van der Waals surface area contributed by atoms with E-state index in [1.54, 1.807) is 7.05 Å². The van der Waals surface area contributed by atoms with Crippen molar-refractivity contribution in [2.45, 2.75) is 13.5 Å². The number of rotatable bonds is 6.